The molecule has 0 atom stereocenters. The van der Waals surface area contributed by atoms with Crippen molar-refractivity contribution in [3.05, 3.63) is 47.3 Å². The van der Waals surface area contributed by atoms with E-state index in [4.69, 9.17) is 5.11 Å². The molecular formula is C13H12F3N3O2. The largest absolute Gasteiger partial charge is 0.465 e. The molecule has 0 bridgehead atoms. The van der Waals surface area contributed by atoms with Gasteiger partial charge in [0.15, 0.2) is 5.69 Å². The highest BCUT2D eigenvalue weighted by molar-refractivity contribution is 5.64. The predicted molar refractivity (Wildman–Crippen MR) is 68.2 cm³/mol. The maximum absolute atomic E-state index is 12.8. The van der Waals surface area contributed by atoms with E-state index in [9.17, 15) is 18.0 Å². The summed E-state index contributed by atoms with van der Waals surface area (Å²) < 4.78 is 39.4. The molecule has 8 heteroatoms. The van der Waals surface area contributed by atoms with Crippen molar-refractivity contribution in [2.24, 2.45) is 0 Å². The Morgan fingerprint density at radius 2 is 2.10 bits per heavy atom. The smallest absolute Gasteiger partial charge is 0.435 e. The number of hydrogen-bond acceptors (Lipinski definition) is 2. The van der Waals surface area contributed by atoms with Gasteiger partial charge in [-0.15, -0.1) is 0 Å². The molecule has 1 heterocycles. The molecule has 0 aliphatic rings. The quantitative estimate of drug-likeness (QED) is 0.915. The second-order valence-corrected chi connectivity index (χ2v) is 4.43. The Bertz CT molecular complexity index is 665. The van der Waals surface area contributed by atoms with Crippen molar-refractivity contribution in [1.82, 2.24) is 15.1 Å². The number of hydrogen-bond donors (Lipinski definition) is 2. The van der Waals surface area contributed by atoms with Gasteiger partial charge in [-0.25, -0.2) is 9.48 Å². The number of aryl methyl sites for hydroxylation is 1. The topological polar surface area (TPSA) is 67.2 Å². The zero-order valence-corrected chi connectivity index (χ0v) is 11.0. The van der Waals surface area contributed by atoms with Gasteiger partial charge in [-0.2, -0.15) is 18.3 Å². The van der Waals surface area contributed by atoms with Crippen LogP contribution in [-0.4, -0.2) is 21.0 Å². The zero-order chi connectivity index (χ0) is 15.6. The second-order valence-electron chi connectivity index (χ2n) is 4.43. The molecule has 0 fully saturated rings. The van der Waals surface area contributed by atoms with Crippen LogP contribution >= 0.6 is 0 Å². The molecule has 0 unspecified atom stereocenters. The molecular weight excluding hydrogens is 287 g/mol. The van der Waals surface area contributed by atoms with E-state index in [0.29, 0.717) is 5.69 Å². The van der Waals surface area contributed by atoms with Crippen LogP contribution in [0.3, 0.4) is 0 Å². The highest BCUT2D eigenvalue weighted by Gasteiger charge is 2.35. The molecule has 0 spiro atoms. The SMILES string of the molecule is Cc1cccc(-n2nc(C(F)(F)F)cc2CNC(=O)O)c1. The van der Waals surface area contributed by atoms with E-state index in [1.165, 1.54) is 0 Å². The second kappa shape index (κ2) is 5.47. The molecule has 112 valence electrons. The fourth-order valence-electron chi connectivity index (χ4n) is 1.83. The van der Waals surface area contributed by atoms with Crippen molar-refractivity contribution in [2.45, 2.75) is 19.6 Å². The Hall–Kier alpha value is -2.51. The van der Waals surface area contributed by atoms with Crippen LogP contribution in [0, 0.1) is 6.92 Å². The maximum atomic E-state index is 12.8. The first-order valence-corrected chi connectivity index (χ1v) is 5.97. The lowest BCUT2D eigenvalue weighted by molar-refractivity contribution is -0.141. The summed E-state index contributed by atoms with van der Waals surface area (Å²) in [5.41, 5.74) is 0.336. The number of carboxylic acid groups (broad SMARTS) is 1. The summed E-state index contributed by atoms with van der Waals surface area (Å²) in [6.45, 7) is 1.53. The number of aromatic nitrogens is 2. The van der Waals surface area contributed by atoms with Gasteiger partial charge in [0, 0.05) is 0 Å². The third kappa shape index (κ3) is 3.53. The summed E-state index contributed by atoms with van der Waals surface area (Å²) in [6.07, 6.45) is -5.91. The third-order valence-corrected chi connectivity index (χ3v) is 2.74. The normalized spacial score (nSPS) is 11.4. The minimum Gasteiger partial charge on any atom is -0.465 e. The van der Waals surface area contributed by atoms with Gasteiger partial charge in [0.1, 0.15) is 0 Å². The van der Waals surface area contributed by atoms with Gasteiger partial charge in [0.05, 0.1) is 17.9 Å². The lowest BCUT2D eigenvalue weighted by Gasteiger charge is -2.08. The summed E-state index contributed by atoms with van der Waals surface area (Å²) in [5.74, 6) is 0. The minimum atomic E-state index is -4.59. The highest BCUT2D eigenvalue weighted by Crippen LogP contribution is 2.29. The van der Waals surface area contributed by atoms with E-state index in [1.54, 1.807) is 31.2 Å². The fraction of sp³-hybridized carbons (Fsp3) is 0.231. The van der Waals surface area contributed by atoms with Crippen LogP contribution in [0.2, 0.25) is 0 Å². The van der Waals surface area contributed by atoms with E-state index in [-0.39, 0.29) is 12.2 Å². The number of carbonyl (C=O) groups is 1. The molecule has 0 aliphatic heterocycles. The lowest BCUT2D eigenvalue weighted by Crippen LogP contribution is -2.21. The molecule has 0 saturated heterocycles. The van der Waals surface area contributed by atoms with Crippen molar-refractivity contribution in [1.29, 1.82) is 0 Å². The molecule has 0 radical (unpaired) electrons. The molecule has 1 amide bonds. The Kier molecular flexibility index (Phi) is 3.88. The number of nitrogens with zero attached hydrogens (tertiary/aromatic N) is 2. The molecule has 1 aromatic carbocycles. The molecule has 2 aromatic rings. The first-order valence-electron chi connectivity index (χ1n) is 5.97. The Morgan fingerprint density at radius 1 is 1.38 bits per heavy atom. The van der Waals surface area contributed by atoms with Crippen molar-refractivity contribution in [2.75, 3.05) is 0 Å². The molecule has 0 saturated carbocycles. The van der Waals surface area contributed by atoms with Crippen molar-refractivity contribution >= 4 is 6.09 Å². The summed E-state index contributed by atoms with van der Waals surface area (Å²) in [6, 6.07) is 7.58. The number of halogens is 3. The minimum absolute atomic E-state index is 0.107. The highest BCUT2D eigenvalue weighted by atomic mass is 19.4. The average molecular weight is 299 g/mol. The van der Waals surface area contributed by atoms with Gasteiger partial charge in [-0.3, -0.25) is 0 Å². The summed E-state index contributed by atoms with van der Waals surface area (Å²) in [4.78, 5) is 10.5. The van der Waals surface area contributed by atoms with Gasteiger partial charge in [0.25, 0.3) is 0 Å². The van der Waals surface area contributed by atoms with Gasteiger partial charge < -0.3 is 10.4 Å². The van der Waals surface area contributed by atoms with E-state index in [0.717, 1.165) is 16.3 Å². The molecule has 1 aromatic heterocycles. The number of rotatable bonds is 3. The standard InChI is InChI=1S/C13H12F3N3O2/c1-8-3-2-4-9(5-8)19-10(7-17-12(20)21)6-11(18-19)13(14,15)16/h2-6,17H,7H2,1H3,(H,20,21). The molecule has 2 rings (SSSR count). The van der Waals surface area contributed by atoms with Crippen LogP contribution in [0.4, 0.5) is 18.0 Å². The van der Waals surface area contributed by atoms with E-state index in [2.05, 4.69) is 5.10 Å². The maximum Gasteiger partial charge on any atom is 0.435 e. The third-order valence-electron chi connectivity index (χ3n) is 2.74. The van der Waals surface area contributed by atoms with Crippen LogP contribution in [0.15, 0.2) is 30.3 Å². The van der Waals surface area contributed by atoms with Crippen molar-refractivity contribution in [3.63, 3.8) is 0 Å². The Balaban J connectivity index is 2.46. The van der Waals surface area contributed by atoms with Crippen LogP contribution in [-0.2, 0) is 12.7 Å². The van der Waals surface area contributed by atoms with Gasteiger partial charge in [-0.05, 0) is 30.7 Å². The Morgan fingerprint density at radius 3 is 2.67 bits per heavy atom. The predicted octanol–water partition coefficient (Wildman–Crippen LogP) is 2.97. The summed E-state index contributed by atoms with van der Waals surface area (Å²) in [7, 11) is 0. The van der Waals surface area contributed by atoms with Crippen molar-refractivity contribution < 1.29 is 23.1 Å². The average Bonchev–Trinajstić information content (AvgIpc) is 2.80. The van der Waals surface area contributed by atoms with Crippen LogP contribution in [0.25, 0.3) is 5.69 Å². The number of benzene rings is 1. The number of nitrogens with one attached hydrogen (secondary N) is 1. The molecule has 2 N–H and O–H groups in total. The van der Waals surface area contributed by atoms with E-state index >= 15 is 0 Å². The monoisotopic (exact) mass is 299 g/mol. The number of alkyl halides is 3. The molecule has 21 heavy (non-hydrogen) atoms. The van der Waals surface area contributed by atoms with Crippen LogP contribution in [0.1, 0.15) is 17.0 Å². The molecule has 0 aliphatic carbocycles. The van der Waals surface area contributed by atoms with E-state index in [1.807, 2.05) is 5.32 Å². The lowest BCUT2D eigenvalue weighted by atomic mass is 10.2. The van der Waals surface area contributed by atoms with Crippen LogP contribution < -0.4 is 5.32 Å². The zero-order valence-electron chi connectivity index (χ0n) is 11.0. The van der Waals surface area contributed by atoms with Gasteiger partial charge in [-0.1, -0.05) is 12.1 Å². The van der Waals surface area contributed by atoms with Crippen LogP contribution in [0.5, 0.6) is 0 Å². The van der Waals surface area contributed by atoms with Crippen molar-refractivity contribution in [3.8, 4) is 5.69 Å². The van der Waals surface area contributed by atoms with Gasteiger partial charge >= 0.3 is 12.3 Å². The Labute approximate surface area is 118 Å². The fourth-order valence-corrected chi connectivity index (χ4v) is 1.83. The van der Waals surface area contributed by atoms with Gasteiger partial charge in [0.2, 0.25) is 0 Å². The first-order chi connectivity index (χ1) is 9.77. The first kappa shape index (κ1) is 14.9. The number of amides is 1. The molecule has 5 nitrogen and oxygen atoms in total. The van der Waals surface area contributed by atoms with E-state index < -0.39 is 18.0 Å². The summed E-state index contributed by atoms with van der Waals surface area (Å²) >= 11 is 0. The summed E-state index contributed by atoms with van der Waals surface area (Å²) in [5, 5.41) is 14.2.